The lowest BCUT2D eigenvalue weighted by Gasteiger charge is -2.25. The van der Waals surface area contributed by atoms with Crippen LogP contribution in [0.2, 0.25) is 10.0 Å². The molecule has 1 saturated heterocycles. The highest BCUT2D eigenvalue weighted by molar-refractivity contribution is 6.42. The fraction of sp³-hybridized carbons (Fsp3) is 0.529. The van der Waals surface area contributed by atoms with Crippen molar-refractivity contribution in [2.24, 2.45) is 0 Å². The van der Waals surface area contributed by atoms with E-state index in [9.17, 15) is 9.59 Å². The SMILES string of the molecule is CCOC(=O)CCN(CC1CCCO1)C(=O)c1ccc(Cl)c(Cl)c1. The summed E-state index contributed by atoms with van der Waals surface area (Å²) in [6.45, 7) is 3.50. The van der Waals surface area contributed by atoms with Gasteiger partial charge >= 0.3 is 5.97 Å². The van der Waals surface area contributed by atoms with Gasteiger partial charge in [-0.3, -0.25) is 9.59 Å². The van der Waals surface area contributed by atoms with Gasteiger partial charge in [-0.15, -0.1) is 0 Å². The van der Waals surface area contributed by atoms with Crippen molar-refractivity contribution in [1.29, 1.82) is 0 Å². The Morgan fingerprint density at radius 1 is 1.33 bits per heavy atom. The molecule has 1 amide bonds. The van der Waals surface area contributed by atoms with E-state index in [-0.39, 0.29) is 30.9 Å². The summed E-state index contributed by atoms with van der Waals surface area (Å²) >= 11 is 11.9. The predicted molar refractivity (Wildman–Crippen MR) is 92.6 cm³/mol. The molecule has 0 radical (unpaired) electrons. The zero-order valence-electron chi connectivity index (χ0n) is 13.6. The van der Waals surface area contributed by atoms with Gasteiger partial charge < -0.3 is 14.4 Å². The van der Waals surface area contributed by atoms with Crippen LogP contribution in [0.1, 0.15) is 36.5 Å². The maximum Gasteiger partial charge on any atom is 0.307 e. The number of halogens is 2. The molecule has 1 aliphatic rings. The highest BCUT2D eigenvalue weighted by atomic mass is 35.5. The molecule has 1 atom stereocenters. The van der Waals surface area contributed by atoms with Crippen molar-refractivity contribution in [3.8, 4) is 0 Å². The Hall–Kier alpha value is -1.30. The molecule has 24 heavy (non-hydrogen) atoms. The van der Waals surface area contributed by atoms with Crippen LogP contribution in [0, 0.1) is 0 Å². The fourth-order valence-electron chi connectivity index (χ4n) is 2.58. The standard InChI is InChI=1S/C17H21Cl2NO4/c1-2-23-16(21)7-8-20(11-13-4-3-9-24-13)17(22)12-5-6-14(18)15(19)10-12/h5-6,10,13H,2-4,7-9,11H2,1H3. The highest BCUT2D eigenvalue weighted by Crippen LogP contribution is 2.24. The Bertz CT molecular complexity index is 588. The first-order valence-corrected chi connectivity index (χ1v) is 8.78. The van der Waals surface area contributed by atoms with E-state index in [1.165, 1.54) is 0 Å². The molecule has 1 fully saturated rings. The molecule has 0 aromatic heterocycles. The van der Waals surface area contributed by atoms with Crippen molar-refractivity contribution < 1.29 is 19.1 Å². The minimum Gasteiger partial charge on any atom is -0.466 e. The monoisotopic (exact) mass is 373 g/mol. The molecule has 7 heteroatoms. The second-order valence-corrected chi connectivity index (χ2v) is 6.38. The average Bonchev–Trinajstić information content (AvgIpc) is 3.06. The molecule has 2 rings (SSSR count). The summed E-state index contributed by atoms with van der Waals surface area (Å²) in [6.07, 6.45) is 2.04. The lowest BCUT2D eigenvalue weighted by molar-refractivity contribution is -0.143. The van der Waals surface area contributed by atoms with E-state index in [0.29, 0.717) is 35.4 Å². The van der Waals surface area contributed by atoms with Crippen LogP contribution in [0.15, 0.2) is 18.2 Å². The maximum atomic E-state index is 12.8. The van der Waals surface area contributed by atoms with Gasteiger partial charge in [0.15, 0.2) is 0 Å². The number of benzene rings is 1. The predicted octanol–water partition coefficient (Wildman–Crippen LogP) is 3.57. The quantitative estimate of drug-likeness (QED) is 0.685. The van der Waals surface area contributed by atoms with E-state index < -0.39 is 0 Å². The molecule has 0 spiro atoms. The van der Waals surface area contributed by atoms with Gasteiger partial charge in [0.05, 0.1) is 29.2 Å². The number of rotatable bonds is 7. The summed E-state index contributed by atoms with van der Waals surface area (Å²) < 4.78 is 10.5. The van der Waals surface area contributed by atoms with E-state index in [1.54, 1.807) is 30.0 Å². The lowest BCUT2D eigenvalue weighted by Crippen LogP contribution is -2.39. The van der Waals surface area contributed by atoms with Gasteiger partial charge in [-0.1, -0.05) is 23.2 Å². The Balaban J connectivity index is 2.08. The molecular formula is C17H21Cl2NO4. The van der Waals surface area contributed by atoms with E-state index in [4.69, 9.17) is 32.7 Å². The molecule has 0 N–H and O–H groups in total. The van der Waals surface area contributed by atoms with Crippen molar-refractivity contribution in [3.63, 3.8) is 0 Å². The van der Waals surface area contributed by atoms with Crippen molar-refractivity contribution in [2.75, 3.05) is 26.3 Å². The normalized spacial score (nSPS) is 16.9. The number of ether oxygens (including phenoxy) is 2. The zero-order valence-corrected chi connectivity index (χ0v) is 15.1. The number of amides is 1. The molecule has 0 saturated carbocycles. The Morgan fingerprint density at radius 2 is 2.12 bits per heavy atom. The summed E-state index contributed by atoms with van der Waals surface area (Å²) in [5.74, 6) is -0.523. The van der Waals surface area contributed by atoms with Gasteiger partial charge in [-0.05, 0) is 38.0 Å². The number of carbonyl (C=O) groups excluding carboxylic acids is 2. The zero-order chi connectivity index (χ0) is 17.5. The average molecular weight is 374 g/mol. The summed E-state index contributed by atoms with van der Waals surface area (Å²) in [5.41, 5.74) is 0.436. The number of esters is 1. The number of carbonyl (C=O) groups is 2. The molecule has 1 unspecified atom stereocenters. The third kappa shape index (κ3) is 5.36. The molecule has 5 nitrogen and oxygen atoms in total. The topological polar surface area (TPSA) is 55.8 Å². The molecule has 0 aliphatic carbocycles. The number of hydrogen-bond donors (Lipinski definition) is 0. The first kappa shape index (κ1) is 19.0. The molecule has 0 bridgehead atoms. The van der Waals surface area contributed by atoms with Crippen molar-refractivity contribution >= 4 is 35.1 Å². The first-order valence-electron chi connectivity index (χ1n) is 8.02. The lowest BCUT2D eigenvalue weighted by atomic mass is 10.1. The first-order chi connectivity index (χ1) is 11.5. The maximum absolute atomic E-state index is 12.8. The summed E-state index contributed by atoms with van der Waals surface area (Å²) in [5, 5.41) is 0.718. The van der Waals surface area contributed by atoms with Crippen molar-refractivity contribution in [1.82, 2.24) is 4.90 Å². The van der Waals surface area contributed by atoms with Gasteiger partial charge in [-0.2, -0.15) is 0 Å². The largest absolute Gasteiger partial charge is 0.466 e. The third-order valence-corrected chi connectivity index (χ3v) is 4.53. The Morgan fingerprint density at radius 3 is 2.75 bits per heavy atom. The van der Waals surface area contributed by atoms with E-state index in [0.717, 1.165) is 12.8 Å². The van der Waals surface area contributed by atoms with Crippen LogP contribution >= 0.6 is 23.2 Å². The van der Waals surface area contributed by atoms with Crippen molar-refractivity contribution in [3.05, 3.63) is 33.8 Å². The second kappa shape index (κ2) is 9.25. The van der Waals surface area contributed by atoms with Crippen LogP contribution in [-0.4, -0.2) is 49.2 Å². The molecule has 132 valence electrons. The van der Waals surface area contributed by atoms with E-state index in [2.05, 4.69) is 0 Å². The van der Waals surface area contributed by atoms with Gasteiger partial charge in [0.25, 0.3) is 5.91 Å². The minimum absolute atomic E-state index is 0.00100. The van der Waals surface area contributed by atoms with Gasteiger partial charge in [0, 0.05) is 25.3 Å². The van der Waals surface area contributed by atoms with Gasteiger partial charge in [0.2, 0.25) is 0 Å². The van der Waals surface area contributed by atoms with Gasteiger partial charge in [-0.25, -0.2) is 0 Å². The molecule has 1 heterocycles. The molecule has 1 aliphatic heterocycles. The van der Waals surface area contributed by atoms with Crippen LogP contribution in [0.5, 0.6) is 0 Å². The van der Waals surface area contributed by atoms with Crippen LogP contribution in [0.25, 0.3) is 0 Å². The second-order valence-electron chi connectivity index (χ2n) is 5.57. The van der Waals surface area contributed by atoms with Gasteiger partial charge in [0.1, 0.15) is 0 Å². The summed E-state index contributed by atoms with van der Waals surface area (Å²) in [4.78, 5) is 26.0. The van der Waals surface area contributed by atoms with Crippen LogP contribution < -0.4 is 0 Å². The van der Waals surface area contributed by atoms with Crippen LogP contribution in [-0.2, 0) is 14.3 Å². The Kier molecular flexibility index (Phi) is 7.34. The highest BCUT2D eigenvalue weighted by Gasteiger charge is 2.24. The van der Waals surface area contributed by atoms with Crippen molar-refractivity contribution in [2.45, 2.75) is 32.3 Å². The molecule has 1 aromatic rings. The molecular weight excluding hydrogens is 353 g/mol. The summed E-state index contributed by atoms with van der Waals surface area (Å²) in [7, 11) is 0. The summed E-state index contributed by atoms with van der Waals surface area (Å²) in [6, 6.07) is 4.76. The van der Waals surface area contributed by atoms with Crippen LogP contribution in [0.4, 0.5) is 0 Å². The Labute approximate surface area is 151 Å². The minimum atomic E-state index is -0.322. The third-order valence-electron chi connectivity index (χ3n) is 3.79. The molecule has 1 aromatic carbocycles. The number of hydrogen-bond acceptors (Lipinski definition) is 4. The number of nitrogens with zero attached hydrogens (tertiary/aromatic N) is 1. The van der Waals surface area contributed by atoms with E-state index in [1.807, 2.05) is 0 Å². The smallest absolute Gasteiger partial charge is 0.307 e. The van der Waals surface area contributed by atoms with Crippen LogP contribution in [0.3, 0.4) is 0 Å². The fourth-order valence-corrected chi connectivity index (χ4v) is 2.88. The van der Waals surface area contributed by atoms with E-state index >= 15 is 0 Å².